The van der Waals surface area contributed by atoms with Gasteiger partial charge in [0.2, 0.25) is 0 Å². The second-order valence-electron chi connectivity index (χ2n) is 8.23. The Labute approximate surface area is 160 Å². The number of allylic oxidation sites excluding steroid dienone is 4. The second-order valence-corrected chi connectivity index (χ2v) is 8.23. The van der Waals surface area contributed by atoms with E-state index in [1.807, 2.05) is 13.8 Å². The van der Waals surface area contributed by atoms with Crippen molar-refractivity contribution in [2.45, 2.75) is 60.5 Å². The highest BCUT2D eigenvalue weighted by Crippen LogP contribution is 2.36. The predicted molar refractivity (Wildman–Crippen MR) is 100 cm³/mol. The zero-order valence-corrected chi connectivity index (χ0v) is 17.1. The SMILES string of the molecule is CC1=CC(=O)C(C(C)(C)CCOC(=O)CNC(=O)OC(C)(C)C)=C(C)C1=O. The highest BCUT2D eigenvalue weighted by molar-refractivity contribution is 6.22. The maximum absolute atomic E-state index is 12.3. The minimum Gasteiger partial charge on any atom is -0.464 e. The first-order valence-electron chi connectivity index (χ1n) is 8.86. The average Bonchev–Trinajstić information content (AvgIpc) is 2.48. The van der Waals surface area contributed by atoms with Gasteiger partial charge in [-0.3, -0.25) is 14.4 Å². The molecule has 7 nitrogen and oxygen atoms in total. The van der Waals surface area contributed by atoms with E-state index in [4.69, 9.17) is 9.47 Å². The quantitative estimate of drug-likeness (QED) is 0.563. The van der Waals surface area contributed by atoms with Gasteiger partial charge < -0.3 is 14.8 Å². The lowest BCUT2D eigenvalue weighted by atomic mass is 9.73. The summed E-state index contributed by atoms with van der Waals surface area (Å²) in [6.07, 6.45) is 1.02. The highest BCUT2D eigenvalue weighted by atomic mass is 16.6. The molecule has 1 aliphatic carbocycles. The minimum atomic E-state index is -0.700. The zero-order valence-electron chi connectivity index (χ0n) is 17.1. The number of Topliss-reactive ketones (excluding diaryl/α,β-unsaturated/α-hetero) is 1. The van der Waals surface area contributed by atoms with Crippen LogP contribution in [0.5, 0.6) is 0 Å². The fraction of sp³-hybridized carbons (Fsp3) is 0.600. The largest absolute Gasteiger partial charge is 0.464 e. The summed E-state index contributed by atoms with van der Waals surface area (Å²) in [6.45, 7) is 11.8. The number of hydrogen-bond donors (Lipinski definition) is 1. The molecule has 1 N–H and O–H groups in total. The van der Waals surface area contributed by atoms with Gasteiger partial charge in [0.05, 0.1) is 6.61 Å². The molecule has 0 aromatic rings. The molecule has 150 valence electrons. The first kappa shape index (κ1) is 22.6. The summed E-state index contributed by atoms with van der Waals surface area (Å²) in [5, 5.41) is 2.32. The van der Waals surface area contributed by atoms with E-state index in [1.54, 1.807) is 34.6 Å². The van der Waals surface area contributed by atoms with Gasteiger partial charge in [-0.25, -0.2) is 4.79 Å². The van der Waals surface area contributed by atoms with E-state index < -0.39 is 23.1 Å². The highest BCUT2D eigenvalue weighted by Gasteiger charge is 2.34. The van der Waals surface area contributed by atoms with Crippen LogP contribution in [0.3, 0.4) is 0 Å². The Balaban J connectivity index is 2.55. The van der Waals surface area contributed by atoms with E-state index in [9.17, 15) is 19.2 Å². The number of alkyl carbamates (subject to hydrolysis) is 1. The van der Waals surface area contributed by atoms with Gasteiger partial charge in [-0.1, -0.05) is 13.8 Å². The number of esters is 1. The van der Waals surface area contributed by atoms with Crippen molar-refractivity contribution in [1.82, 2.24) is 5.32 Å². The van der Waals surface area contributed by atoms with Crippen LogP contribution in [-0.4, -0.2) is 42.4 Å². The number of ketones is 2. The topological polar surface area (TPSA) is 98.8 Å². The molecule has 0 unspecified atom stereocenters. The predicted octanol–water partition coefficient (Wildman–Crippen LogP) is 2.89. The van der Waals surface area contributed by atoms with E-state index in [0.717, 1.165) is 0 Å². The van der Waals surface area contributed by atoms with E-state index in [0.29, 0.717) is 23.1 Å². The van der Waals surface area contributed by atoms with Crippen LogP contribution in [0.25, 0.3) is 0 Å². The molecule has 0 heterocycles. The normalized spacial score (nSPS) is 15.4. The molecule has 0 aliphatic heterocycles. The first-order valence-corrected chi connectivity index (χ1v) is 8.86. The molecule has 0 saturated carbocycles. The van der Waals surface area contributed by atoms with Crippen molar-refractivity contribution in [2.24, 2.45) is 5.41 Å². The number of hydrogen-bond acceptors (Lipinski definition) is 6. The van der Waals surface area contributed by atoms with Gasteiger partial charge in [0.25, 0.3) is 0 Å². The number of nitrogens with one attached hydrogen (secondary N) is 1. The third-order valence-corrected chi connectivity index (χ3v) is 4.11. The van der Waals surface area contributed by atoms with Gasteiger partial charge in [-0.2, -0.15) is 0 Å². The Hall–Kier alpha value is -2.44. The van der Waals surface area contributed by atoms with E-state index in [1.165, 1.54) is 6.08 Å². The summed E-state index contributed by atoms with van der Waals surface area (Å²) in [7, 11) is 0. The number of carbonyl (C=O) groups is 4. The van der Waals surface area contributed by atoms with E-state index in [2.05, 4.69) is 5.32 Å². The molecule has 27 heavy (non-hydrogen) atoms. The monoisotopic (exact) mass is 379 g/mol. The van der Waals surface area contributed by atoms with E-state index in [-0.39, 0.29) is 24.7 Å². The van der Waals surface area contributed by atoms with Crippen LogP contribution < -0.4 is 5.32 Å². The van der Waals surface area contributed by atoms with Crippen LogP contribution >= 0.6 is 0 Å². The maximum atomic E-state index is 12.3. The van der Waals surface area contributed by atoms with Crippen LogP contribution in [-0.2, 0) is 23.9 Å². The second kappa shape index (κ2) is 8.50. The molecule has 0 fully saturated rings. The summed E-state index contributed by atoms with van der Waals surface area (Å²) >= 11 is 0. The Bertz CT molecular complexity index is 706. The van der Waals surface area contributed by atoms with Gasteiger partial charge in [-0.15, -0.1) is 0 Å². The molecular formula is C20H29NO6. The van der Waals surface area contributed by atoms with Gasteiger partial charge in [0, 0.05) is 16.7 Å². The zero-order chi connectivity index (χ0) is 21.0. The van der Waals surface area contributed by atoms with Gasteiger partial charge in [0.1, 0.15) is 12.1 Å². The van der Waals surface area contributed by atoms with Crippen molar-refractivity contribution in [3.05, 3.63) is 22.8 Å². The van der Waals surface area contributed by atoms with Crippen LogP contribution in [0, 0.1) is 5.41 Å². The summed E-state index contributed by atoms with van der Waals surface area (Å²) in [5.74, 6) is -0.937. The third-order valence-electron chi connectivity index (χ3n) is 4.11. The lowest BCUT2D eigenvalue weighted by Gasteiger charge is -2.30. The number of rotatable bonds is 6. The fourth-order valence-corrected chi connectivity index (χ4v) is 2.82. The van der Waals surface area contributed by atoms with Crippen LogP contribution in [0.4, 0.5) is 4.79 Å². The standard InChI is InChI=1S/C20H29NO6/c1-12-10-14(22)16(13(2)17(12)24)20(6,7)8-9-26-15(23)11-21-18(25)27-19(3,4)5/h10H,8-9,11H2,1-7H3,(H,21,25). The van der Waals surface area contributed by atoms with E-state index >= 15 is 0 Å². The molecule has 0 atom stereocenters. The number of carbonyl (C=O) groups excluding carboxylic acids is 4. The number of amides is 1. The summed E-state index contributed by atoms with van der Waals surface area (Å²) in [4.78, 5) is 47.8. The van der Waals surface area contributed by atoms with Gasteiger partial charge >= 0.3 is 12.1 Å². The third kappa shape index (κ3) is 6.66. The number of ether oxygens (including phenoxy) is 2. The molecule has 1 amide bonds. The lowest BCUT2D eigenvalue weighted by Crippen LogP contribution is -2.36. The Morgan fingerprint density at radius 1 is 1.07 bits per heavy atom. The van der Waals surface area contributed by atoms with Crippen LogP contribution in [0.1, 0.15) is 54.9 Å². The Kier molecular flexibility index (Phi) is 7.11. The van der Waals surface area contributed by atoms with Crippen molar-refractivity contribution in [3.8, 4) is 0 Å². The molecule has 0 spiro atoms. The molecule has 0 aromatic carbocycles. The molecule has 0 bridgehead atoms. The maximum Gasteiger partial charge on any atom is 0.408 e. The molecule has 1 rings (SSSR count). The molecule has 1 aliphatic rings. The minimum absolute atomic E-state index is 0.0583. The molecular weight excluding hydrogens is 350 g/mol. The fourth-order valence-electron chi connectivity index (χ4n) is 2.82. The molecule has 0 saturated heterocycles. The molecule has 7 heteroatoms. The van der Waals surface area contributed by atoms with Crippen LogP contribution in [0.2, 0.25) is 0 Å². The lowest BCUT2D eigenvalue weighted by molar-refractivity contribution is -0.143. The van der Waals surface area contributed by atoms with Crippen molar-refractivity contribution in [3.63, 3.8) is 0 Å². The van der Waals surface area contributed by atoms with Crippen molar-refractivity contribution in [2.75, 3.05) is 13.2 Å². The average molecular weight is 379 g/mol. The molecule has 0 aromatic heterocycles. The smallest absolute Gasteiger partial charge is 0.408 e. The van der Waals surface area contributed by atoms with Gasteiger partial charge in [0.15, 0.2) is 11.6 Å². The van der Waals surface area contributed by atoms with Crippen molar-refractivity contribution >= 4 is 23.6 Å². The molecule has 0 radical (unpaired) electrons. The summed E-state index contributed by atoms with van der Waals surface area (Å²) in [5.41, 5.74) is 0.0217. The summed E-state index contributed by atoms with van der Waals surface area (Å²) < 4.78 is 10.2. The van der Waals surface area contributed by atoms with Crippen LogP contribution in [0.15, 0.2) is 22.8 Å². The summed E-state index contributed by atoms with van der Waals surface area (Å²) in [6, 6.07) is 0. The van der Waals surface area contributed by atoms with Crippen molar-refractivity contribution in [1.29, 1.82) is 0 Å². The Morgan fingerprint density at radius 3 is 2.22 bits per heavy atom. The van der Waals surface area contributed by atoms with Gasteiger partial charge in [-0.05, 0) is 52.5 Å². The Morgan fingerprint density at radius 2 is 1.67 bits per heavy atom. The first-order chi connectivity index (χ1) is 12.2. The van der Waals surface area contributed by atoms with Crippen molar-refractivity contribution < 1.29 is 28.7 Å².